The number of nitrogens with two attached hydrogens (primary N) is 1. The molecule has 0 unspecified atom stereocenters. The van der Waals surface area contributed by atoms with Crippen molar-refractivity contribution < 1.29 is 9.59 Å². The average Bonchev–Trinajstić information content (AvgIpc) is 2.91. The van der Waals surface area contributed by atoms with E-state index in [1.807, 2.05) is 19.1 Å². The molecule has 4 heteroatoms. The molecule has 1 aromatic carbocycles. The number of aryl methyl sites for hydroxylation is 1. The molecule has 1 aliphatic carbocycles. The Labute approximate surface area is 112 Å². The van der Waals surface area contributed by atoms with E-state index in [9.17, 15) is 9.59 Å². The van der Waals surface area contributed by atoms with Gasteiger partial charge in [0.1, 0.15) is 0 Å². The quantitative estimate of drug-likeness (QED) is 0.621. The second kappa shape index (κ2) is 4.08. The molecule has 2 fully saturated rings. The van der Waals surface area contributed by atoms with Gasteiger partial charge in [0.2, 0.25) is 11.8 Å². The highest BCUT2D eigenvalue weighted by molar-refractivity contribution is 6.23. The first kappa shape index (κ1) is 12.2. The zero-order valence-corrected chi connectivity index (χ0v) is 11.1. The van der Waals surface area contributed by atoms with E-state index in [-0.39, 0.29) is 11.8 Å². The van der Waals surface area contributed by atoms with Crippen LogP contribution >= 0.6 is 0 Å². The van der Waals surface area contributed by atoms with Crippen LogP contribution in [0.3, 0.4) is 0 Å². The number of anilines is 2. The Morgan fingerprint density at radius 2 is 1.89 bits per heavy atom. The van der Waals surface area contributed by atoms with Crippen molar-refractivity contribution in [3.05, 3.63) is 23.8 Å². The third kappa shape index (κ3) is 1.74. The smallest absolute Gasteiger partial charge is 0.240 e. The van der Waals surface area contributed by atoms with Crippen LogP contribution < -0.4 is 10.6 Å². The maximum atomic E-state index is 12.7. The number of benzene rings is 1. The van der Waals surface area contributed by atoms with E-state index < -0.39 is 5.41 Å². The molecule has 0 radical (unpaired) electrons. The summed E-state index contributed by atoms with van der Waals surface area (Å²) < 4.78 is 0. The first-order valence-corrected chi connectivity index (χ1v) is 6.77. The highest BCUT2D eigenvalue weighted by Crippen LogP contribution is 2.48. The van der Waals surface area contributed by atoms with Crippen LogP contribution in [0.25, 0.3) is 0 Å². The van der Waals surface area contributed by atoms with Gasteiger partial charge < -0.3 is 5.73 Å². The van der Waals surface area contributed by atoms with Crippen LogP contribution in [0.2, 0.25) is 0 Å². The monoisotopic (exact) mass is 258 g/mol. The number of imide groups is 1. The number of nitrogens with zero attached hydrogens (tertiary/aromatic N) is 1. The molecule has 2 aliphatic rings. The van der Waals surface area contributed by atoms with Gasteiger partial charge in [0, 0.05) is 6.42 Å². The molecule has 1 aliphatic heterocycles. The molecule has 1 spiro atoms. The van der Waals surface area contributed by atoms with Gasteiger partial charge in [-0.3, -0.25) is 9.59 Å². The molecule has 3 rings (SSSR count). The molecule has 2 N–H and O–H groups in total. The fraction of sp³-hybridized carbons (Fsp3) is 0.467. The number of carbonyl (C=O) groups excluding carboxylic acids is 2. The fourth-order valence-corrected chi connectivity index (χ4v) is 3.33. The van der Waals surface area contributed by atoms with Crippen molar-refractivity contribution in [2.45, 2.75) is 39.0 Å². The van der Waals surface area contributed by atoms with Gasteiger partial charge in [-0.2, -0.15) is 0 Å². The summed E-state index contributed by atoms with van der Waals surface area (Å²) in [6, 6.07) is 5.46. The zero-order chi connectivity index (χ0) is 13.6. The molecular formula is C15H18N2O2. The summed E-state index contributed by atoms with van der Waals surface area (Å²) in [6.07, 6.45) is 4.09. The highest BCUT2D eigenvalue weighted by Gasteiger charge is 2.53. The maximum Gasteiger partial charge on any atom is 0.240 e. The summed E-state index contributed by atoms with van der Waals surface area (Å²) in [6.45, 7) is 1.93. The minimum atomic E-state index is -0.437. The summed E-state index contributed by atoms with van der Waals surface area (Å²) in [7, 11) is 0. The standard InChI is InChI=1S/C15H18N2O2/c1-10-4-5-11(16)12(8-10)17-13(18)9-15(14(17)19)6-2-3-7-15/h4-5,8H,2-3,6-7,9,16H2,1H3. The Hall–Kier alpha value is -1.84. The van der Waals surface area contributed by atoms with E-state index in [1.165, 1.54) is 4.90 Å². The first-order chi connectivity index (χ1) is 9.03. The molecule has 1 saturated carbocycles. The van der Waals surface area contributed by atoms with E-state index in [0.29, 0.717) is 17.8 Å². The van der Waals surface area contributed by atoms with E-state index in [2.05, 4.69) is 0 Å². The minimum Gasteiger partial charge on any atom is -0.397 e. The molecule has 1 heterocycles. The van der Waals surface area contributed by atoms with Gasteiger partial charge in [0.25, 0.3) is 0 Å². The summed E-state index contributed by atoms with van der Waals surface area (Å²) in [5.41, 5.74) is 7.54. The third-order valence-corrected chi connectivity index (χ3v) is 4.38. The topological polar surface area (TPSA) is 63.4 Å². The van der Waals surface area contributed by atoms with Crippen LogP contribution in [0.15, 0.2) is 18.2 Å². The summed E-state index contributed by atoms with van der Waals surface area (Å²) in [5, 5.41) is 0. The van der Waals surface area contributed by atoms with Gasteiger partial charge in [0.15, 0.2) is 0 Å². The SMILES string of the molecule is Cc1ccc(N)c(N2C(=O)CC3(CCCC3)C2=O)c1. The molecule has 4 nitrogen and oxygen atoms in total. The molecule has 0 atom stereocenters. The van der Waals surface area contributed by atoms with Crippen molar-refractivity contribution in [1.29, 1.82) is 0 Å². The largest absolute Gasteiger partial charge is 0.397 e. The van der Waals surface area contributed by atoms with Crippen molar-refractivity contribution in [3.8, 4) is 0 Å². The third-order valence-electron chi connectivity index (χ3n) is 4.38. The molecule has 100 valence electrons. The number of nitrogen functional groups attached to an aromatic ring is 1. The van der Waals surface area contributed by atoms with Crippen molar-refractivity contribution in [2.75, 3.05) is 10.6 Å². The Balaban J connectivity index is 2.03. The Kier molecular flexibility index (Phi) is 2.62. The van der Waals surface area contributed by atoms with E-state index in [1.54, 1.807) is 6.07 Å². The second-order valence-electron chi connectivity index (χ2n) is 5.76. The van der Waals surface area contributed by atoms with E-state index >= 15 is 0 Å². The predicted molar refractivity (Wildman–Crippen MR) is 73.6 cm³/mol. The van der Waals surface area contributed by atoms with Crippen LogP contribution in [0, 0.1) is 12.3 Å². The van der Waals surface area contributed by atoms with Crippen molar-refractivity contribution >= 4 is 23.2 Å². The molecule has 0 bridgehead atoms. The van der Waals surface area contributed by atoms with Crippen LogP contribution in [-0.4, -0.2) is 11.8 Å². The Morgan fingerprint density at radius 3 is 2.58 bits per heavy atom. The molecule has 1 saturated heterocycles. The first-order valence-electron chi connectivity index (χ1n) is 6.77. The van der Waals surface area contributed by atoms with Gasteiger partial charge in [-0.25, -0.2) is 4.90 Å². The zero-order valence-electron chi connectivity index (χ0n) is 11.1. The summed E-state index contributed by atoms with van der Waals surface area (Å²) in [4.78, 5) is 26.2. The number of carbonyl (C=O) groups is 2. The lowest BCUT2D eigenvalue weighted by Crippen LogP contribution is -2.34. The van der Waals surface area contributed by atoms with Gasteiger partial charge >= 0.3 is 0 Å². The lowest BCUT2D eigenvalue weighted by Gasteiger charge is -2.22. The molecule has 0 aromatic heterocycles. The number of rotatable bonds is 1. The minimum absolute atomic E-state index is 0.0488. The molecule has 2 amide bonds. The molecule has 1 aromatic rings. The van der Waals surface area contributed by atoms with E-state index in [4.69, 9.17) is 5.73 Å². The van der Waals surface area contributed by atoms with Crippen LogP contribution in [0.1, 0.15) is 37.7 Å². The van der Waals surface area contributed by atoms with Crippen molar-refractivity contribution in [2.24, 2.45) is 5.41 Å². The van der Waals surface area contributed by atoms with Crippen LogP contribution in [0.5, 0.6) is 0 Å². The van der Waals surface area contributed by atoms with Gasteiger partial charge in [-0.1, -0.05) is 18.9 Å². The maximum absolute atomic E-state index is 12.7. The summed E-state index contributed by atoms with van der Waals surface area (Å²) >= 11 is 0. The number of hydrogen-bond acceptors (Lipinski definition) is 3. The van der Waals surface area contributed by atoms with Crippen molar-refractivity contribution in [1.82, 2.24) is 0 Å². The normalized spacial score (nSPS) is 21.6. The lowest BCUT2D eigenvalue weighted by molar-refractivity contribution is -0.125. The van der Waals surface area contributed by atoms with Crippen molar-refractivity contribution in [3.63, 3.8) is 0 Å². The number of hydrogen-bond donors (Lipinski definition) is 1. The van der Waals surface area contributed by atoms with Gasteiger partial charge in [-0.05, 0) is 37.5 Å². The molecular weight excluding hydrogens is 240 g/mol. The van der Waals surface area contributed by atoms with E-state index in [0.717, 1.165) is 31.2 Å². The highest BCUT2D eigenvalue weighted by atomic mass is 16.2. The van der Waals surface area contributed by atoms with Gasteiger partial charge in [0.05, 0.1) is 16.8 Å². The second-order valence-corrected chi connectivity index (χ2v) is 5.76. The molecule has 19 heavy (non-hydrogen) atoms. The van der Waals surface area contributed by atoms with Crippen LogP contribution in [-0.2, 0) is 9.59 Å². The van der Waals surface area contributed by atoms with Crippen LogP contribution in [0.4, 0.5) is 11.4 Å². The Morgan fingerprint density at radius 1 is 1.21 bits per heavy atom. The summed E-state index contributed by atoms with van der Waals surface area (Å²) in [5.74, 6) is -0.156. The average molecular weight is 258 g/mol. The lowest BCUT2D eigenvalue weighted by atomic mass is 9.84. The van der Waals surface area contributed by atoms with Gasteiger partial charge in [-0.15, -0.1) is 0 Å². The fourth-order valence-electron chi connectivity index (χ4n) is 3.33. The Bertz CT molecular complexity index is 559. The predicted octanol–water partition coefficient (Wildman–Crippen LogP) is 2.40. The number of amides is 2.